The van der Waals surface area contributed by atoms with Gasteiger partial charge in [0.1, 0.15) is 6.04 Å². The Morgan fingerprint density at radius 1 is 1.06 bits per heavy atom. The van der Waals surface area contributed by atoms with Crippen LogP contribution in [0.1, 0.15) is 19.3 Å². The third kappa shape index (κ3) is 6.43. The van der Waals surface area contributed by atoms with E-state index in [0.717, 1.165) is 0 Å². The van der Waals surface area contributed by atoms with Gasteiger partial charge in [-0.05, 0) is 6.42 Å². The van der Waals surface area contributed by atoms with Crippen molar-refractivity contribution in [3.63, 3.8) is 0 Å². The lowest BCUT2D eigenvalue weighted by Gasteiger charge is -2.16. The van der Waals surface area contributed by atoms with Gasteiger partial charge in [-0.2, -0.15) is 0 Å². The molecule has 9 heteroatoms. The molecule has 0 rings (SSSR count). The minimum atomic E-state index is -1.41. The van der Waals surface area contributed by atoms with Crippen LogP contribution in [0.3, 0.4) is 0 Å². The topological polar surface area (TPSA) is 167 Å². The summed E-state index contributed by atoms with van der Waals surface area (Å²) in [5, 5.41) is 27.5. The predicted octanol–water partition coefficient (Wildman–Crippen LogP) is -1.78. The molecular formula is C9H14N2O7. The van der Waals surface area contributed by atoms with E-state index in [2.05, 4.69) is 0 Å². The molecule has 0 radical (unpaired) electrons. The molecule has 0 saturated carbocycles. The fourth-order valence-corrected chi connectivity index (χ4v) is 1.08. The molecule has 0 aromatic rings. The molecule has 0 aliphatic carbocycles. The van der Waals surface area contributed by atoms with Crippen molar-refractivity contribution < 1.29 is 34.5 Å². The average Bonchev–Trinajstić information content (AvgIpc) is 2.21. The van der Waals surface area contributed by atoms with E-state index < -0.39 is 48.7 Å². The summed E-state index contributed by atoms with van der Waals surface area (Å²) in [6.45, 7) is 0. The molecule has 6 N–H and O–H groups in total. The van der Waals surface area contributed by atoms with E-state index in [1.807, 2.05) is 5.32 Å². The molecule has 0 aliphatic heterocycles. The highest BCUT2D eigenvalue weighted by atomic mass is 16.4. The van der Waals surface area contributed by atoms with Crippen molar-refractivity contribution in [3.05, 3.63) is 0 Å². The molecule has 0 bridgehead atoms. The van der Waals surface area contributed by atoms with Crippen LogP contribution in [0.5, 0.6) is 0 Å². The van der Waals surface area contributed by atoms with Gasteiger partial charge < -0.3 is 26.4 Å². The molecule has 0 aromatic heterocycles. The molecule has 1 unspecified atom stereocenters. The number of nitrogens with one attached hydrogen (secondary N) is 1. The molecule has 9 nitrogen and oxygen atoms in total. The molecule has 0 saturated heterocycles. The fourth-order valence-electron chi connectivity index (χ4n) is 1.08. The van der Waals surface area contributed by atoms with Crippen LogP contribution in [0.2, 0.25) is 0 Å². The first kappa shape index (κ1) is 15.8. The van der Waals surface area contributed by atoms with Crippen LogP contribution in [0.4, 0.5) is 0 Å². The maximum absolute atomic E-state index is 11.3. The Balaban J connectivity index is 4.40. The Morgan fingerprint density at radius 3 is 2.00 bits per heavy atom. The third-order valence-electron chi connectivity index (χ3n) is 1.99. The van der Waals surface area contributed by atoms with E-state index in [1.54, 1.807) is 0 Å². The van der Waals surface area contributed by atoms with E-state index in [4.69, 9.17) is 21.1 Å². The first-order chi connectivity index (χ1) is 8.23. The van der Waals surface area contributed by atoms with Crippen molar-refractivity contribution in [3.8, 4) is 0 Å². The van der Waals surface area contributed by atoms with Gasteiger partial charge in [0.25, 0.3) is 0 Å². The van der Waals surface area contributed by atoms with Crippen LogP contribution in [0.15, 0.2) is 0 Å². The zero-order valence-electron chi connectivity index (χ0n) is 9.33. The SMILES string of the molecule is N[C@@H](CC(=O)O)C(=O)NC(CCC(=O)O)C(=O)O. The summed E-state index contributed by atoms with van der Waals surface area (Å²) in [5.74, 6) is -4.86. The van der Waals surface area contributed by atoms with Crippen LogP contribution in [-0.4, -0.2) is 51.2 Å². The average molecular weight is 262 g/mol. The molecule has 0 aromatic carbocycles. The summed E-state index contributed by atoms with van der Waals surface area (Å²) in [5.41, 5.74) is 5.22. The van der Waals surface area contributed by atoms with Crippen LogP contribution in [-0.2, 0) is 19.2 Å². The van der Waals surface area contributed by atoms with Gasteiger partial charge in [-0.25, -0.2) is 4.79 Å². The zero-order valence-corrected chi connectivity index (χ0v) is 9.33. The Labute approximate surface area is 102 Å². The Hall–Kier alpha value is -2.16. The highest BCUT2D eigenvalue weighted by Crippen LogP contribution is 1.99. The van der Waals surface area contributed by atoms with Gasteiger partial charge in [-0.1, -0.05) is 0 Å². The summed E-state index contributed by atoms with van der Waals surface area (Å²) in [6.07, 6.45) is -1.39. The Bertz CT molecular complexity index is 355. The third-order valence-corrected chi connectivity index (χ3v) is 1.99. The predicted molar refractivity (Wildman–Crippen MR) is 56.7 cm³/mol. The number of carbonyl (C=O) groups is 4. The molecule has 2 atom stereocenters. The number of aliphatic carboxylic acids is 3. The van der Waals surface area contributed by atoms with Crippen LogP contribution in [0, 0.1) is 0 Å². The van der Waals surface area contributed by atoms with Gasteiger partial charge in [0.2, 0.25) is 5.91 Å². The molecule has 18 heavy (non-hydrogen) atoms. The first-order valence-electron chi connectivity index (χ1n) is 4.96. The molecule has 0 spiro atoms. The monoisotopic (exact) mass is 262 g/mol. The van der Waals surface area contributed by atoms with Crippen molar-refractivity contribution in [1.82, 2.24) is 5.32 Å². The van der Waals surface area contributed by atoms with E-state index in [9.17, 15) is 19.2 Å². The van der Waals surface area contributed by atoms with Crippen LogP contribution in [0.25, 0.3) is 0 Å². The maximum Gasteiger partial charge on any atom is 0.326 e. The maximum atomic E-state index is 11.3. The summed E-state index contributed by atoms with van der Waals surface area (Å²) < 4.78 is 0. The molecule has 102 valence electrons. The molecule has 0 fully saturated rings. The van der Waals surface area contributed by atoms with E-state index in [-0.39, 0.29) is 6.42 Å². The quantitative estimate of drug-likeness (QED) is 0.342. The second-order valence-corrected chi connectivity index (χ2v) is 3.54. The number of hydrogen-bond acceptors (Lipinski definition) is 5. The lowest BCUT2D eigenvalue weighted by Crippen LogP contribution is -2.49. The van der Waals surface area contributed by atoms with Crippen LogP contribution >= 0.6 is 0 Å². The summed E-state index contributed by atoms with van der Waals surface area (Å²) in [6, 6.07) is -2.79. The van der Waals surface area contributed by atoms with E-state index >= 15 is 0 Å². The molecular weight excluding hydrogens is 248 g/mol. The molecule has 1 amide bonds. The molecule has 0 heterocycles. The van der Waals surface area contributed by atoms with Gasteiger partial charge in [0.15, 0.2) is 0 Å². The van der Waals surface area contributed by atoms with Gasteiger partial charge in [-0.15, -0.1) is 0 Å². The number of amides is 1. The molecule has 0 aliphatic rings. The highest BCUT2D eigenvalue weighted by Gasteiger charge is 2.24. The van der Waals surface area contributed by atoms with Crippen molar-refractivity contribution in [2.75, 3.05) is 0 Å². The number of carboxylic acid groups (broad SMARTS) is 3. The number of hydrogen-bond donors (Lipinski definition) is 5. The summed E-state index contributed by atoms with van der Waals surface area (Å²) in [4.78, 5) is 42.6. The van der Waals surface area contributed by atoms with Gasteiger partial charge >= 0.3 is 17.9 Å². The lowest BCUT2D eigenvalue weighted by molar-refractivity contribution is -0.143. The fraction of sp³-hybridized carbons (Fsp3) is 0.556. The number of carboxylic acids is 3. The second-order valence-electron chi connectivity index (χ2n) is 3.54. The normalized spacial score (nSPS) is 13.4. The summed E-state index contributed by atoms with van der Waals surface area (Å²) in [7, 11) is 0. The zero-order chi connectivity index (χ0) is 14.3. The van der Waals surface area contributed by atoms with Crippen molar-refractivity contribution in [1.29, 1.82) is 0 Å². The first-order valence-corrected chi connectivity index (χ1v) is 4.96. The lowest BCUT2D eigenvalue weighted by atomic mass is 10.1. The minimum Gasteiger partial charge on any atom is -0.481 e. The van der Waals surface area contributed by atoms with Crippen LogP contribution < -0.4 is 11.1 Å². The van der Waals surface area contributed by atoms with Gasteiger partial charge in [-0.3, -0.25) is 14.4 Å². The van der Waals surface area contributed by atoms with Gasteiger partial charge in [0.05, 0.1) is 12.5 Å². The minimum absolute atomic E-state index is 0.309. The van der Waals surface area contributed by atoms with E-state index in [1.165, 1.54) is 0 Å². The van der Waals surface area contributed by atoms with Gasteiger partial charge in [0, 0.05) is 6.42 Å². The van der Waals surface area contributed by atoms with Crippen molar-refractivity contribution in [2.24, 2.45) is 5.73 Å². The number of carbonyl (C=O) groups excluding carboxylic acids is 1. The Kier molecular flexibility index (Phi) is 6.35. The van der Waals surface area contributed by atoms with Crippen molar-refractivity contribution >= 4 is 23.8 Å². The smallest absolute Gasteiger partial charge is 0.326 e. The number of nitrogens with two attached hydrogens (primary N) is 1. The number of rotatable bonds is 8. The summed E-state index contributed by atoms with van der Waals surface area (Å²) >= 11 is 0. The van der Waals surface area contributed by atoms with Crippen molar-refractivity contribution in [2.45, 2.75) is 31.3 Å². The Morgan fingerprint density at radius 2 is 1.61 bits per heavy atom. The standard InChI is InChI=1S/C9H14N2O7/c10-4(3-7(14)15)8(16)11-5(9(17)18)1-2-6(12)13/h4-5H,1-3,10H2,(H,11,16)(H,12,13)(H,14,15)(H,17,18)/t4-,5?/m0/s1. The largest absolute Gasteiger partial charge is 0.481 e. The second kappa shape index (κ2) is 7.22. The van der Waals surface area contributed by atoms with E-state index in [0.29, 0.717) is 0 Å². The highest BCUT2D eigenvalue weighted by molar-refractivity contribution is 5.89.